The molecule has 1 fully saturated rings. The summed E-state index contributed by atoms with van der Waals surface area (Å²) in [6.07, 6.45) is 6.48. The smallest absolute Gasteiger partial charge is 0.237 e. The number of methoxy groups -OCH3 is 1. The van der Waals surface area contributed by atoms with Gasteiger partial charge in [-0.05, 0) is 38.8 Å². The third-order valence-electron chi connectivity index (χ3n) is 4.94. The summed E-state index contributed by atoms with van der Waals surface area (Å²) in [5, 5.41) is 3.14. The van der Waals surface area contributed by atoms with Gasteiger partial charge in [-0.15, -0.1) is 0 Å². The van der Waals surface area contributed by atoms with Gasteiger partial charge in [0.15, 0.2) is 0 Å². The first-order valence-corrected chi connectivity index (χ1v) is 8.71. The molecule has 1 amide bonds. The van der Waals surface area contributed by atoms with E-state index in [-0.39, 0.29) is 11.9 Å². The quantitative estimate of drug-likeness (QED) is 0.839. The summed E-state index contributed by atoms with van der Waals surface area (Å²) in [6, 6.07) is 7.81. The summed E-state index contributed by atoms with van der Waals surface area (Å²) in [5.74, 6) is 1.65. The first-order valence-electron chi connectivity index (χ1n) is 8.71. The van der Waals surface area contributed by atoms with E-state index in [1.54, 1.807) is 7.11 Å². The lowest BCUT2D eigenvalue weighted by molar-refractivity contribution is -0.125. The van der Waals surface area contributed by atoms with Crippen LogP contribution >= 0.6 is 0 Å². The molecule has 23 heavy (non-hydrogen) atoms. The van der Waals surface area contributed by atoms with Crippen molar-refractivity contribution in [1.82, 2.24) is 10.2 Å². The van der Waals surface area contributed by atoms with Crippen LogP contribution in [0.1, 0.15) is 44.6 Å². The van der Waals surface area contributed by atoms with Crippen molar-refractivity contribution in [1.29, 1.82) is 0 Å². The van der Waals surface area contributed by atoms with Gasteiger partial charge in [-0.3, -0.25) is 9.69 Å². The average molecular weight is 318 g/mol. The van der Waals surface area contributed by atoms with E-state index >= 15 is 0 Å². The molecule has 0 aliphatic heterocycles. The van der Waals surface area contributed by atoms with Gasteiger partial charge in [-0.1, -0.05) is 37.5 Å². The van der Waals surface area contributed by atoms with Crippen LogP contribution in [0.4, 0.5) is 0 Å². The molecule has 1 N–H and O–H groups in total. The number of para-hydroxylation sites is 1. The molecule has 0 aromatic heterocycles. The minimum Gasteiger partial charge on any atom is -0.496 e. The summed E-state index contributed by atoms with van der Waals surface area (Å²) in [5.41, 5.74) is 1.10. The van der Waals surface area contributed by atoms with E-state index in [4.69, 9.17) is 4.74 Å². The molecule has 0 saturated heterocycles. The molecule has 1 aliphatic rings. The summed E-state index contributed by atoms with van der Waals surface area (Å²) in [4.78, 5) is 14.5. The van der Waals surface area contributed by atoms with Gasteiger partial charge in [0.2, 0.25) is 5.91 Å². The first-order chi connectivity index (χ1) is 11.1. The van der Waals surface area contributed by atoms with Crippen LogP contribution in [0.15, 0.2) is 24.3 Å². The summed E-state index contributed by atoms with van der Waals surface area (Å²) >= 11 is 0. The number of hydrogen-bond donors (Lipinski definition) is 1. The number of ether oxygens (including phenoxy) is 1. The maximum absolute atomic E-state index is 12.4. The van der Waals surface area contributed by atoms with E-state index in [0.29, 0.717) is 12.5 Å². The third kappa shape index (κ3) is 5.24. The number of hydrogen-bond acceptors (Lipinski definition) is 3. The molecule has 1 aromatic carbocycles. The highest BCUT2D eigenvalue weighted by Crippen LogP contribution is 2.23. The normalized spacial score (nSPS) is 17.0. The Kier molecular flexibility index (Phi) is 6.90. The Morgan fingerprint density at radius 1 is 1.30 bits per heavy atom. The third-order valence-corrected chi connectivity index (χ3v) is 4.94. The van der Waals surface area contributed by atoms with Crippen molar-refractivity contribution in [2.75, 3.05) is 20.7 Å². The average Bonchev–Trinajstić information content (AvgIpc) is 2.60. The lowest BCUT2D eigenvalue weighted by atomic mass is 9.89. The molecule has 0 bridgehead atoms. The van der Waals surface area contributed by atoms with E-state index < -0.39 is 0 Å². The van der Waals surface area contributed by atoms with E-state index in [2.05, 4.69) is 10.2 Å². The molecule has 0 unspecified atom stereocenters. The lowest BCUT2D eigenvalue weighted by Crippen LogP contribution is -2.44. The van der Waals surface area contributed by atoms with Gasteiger partial charge >= 0.3 is 0 Å². The van der Waals surface area contributed by atoms with Crippen molar-refractivity contribution >= 4 is 5.91 Å². The van der Waals surface area contributed by atoms with Crippen molar-refractivity contribution < 1.29 is 9.53 Å². The van der Waals surface area contributed by atoms with Crippen LogP contribution in [0.5, 0.6) is 5.75 Å². The van der Waals surface area contributed by atoms with Crippen LogP contribution in [-0.2, 0) is 11.3 Å². The number of amides is 1. The van der Waals surface area contributed by atoms with Crippen LogP contribution < -0.4 is 10.1 Å². The minimum atomic E-state index is -0.150. The zero-order chi connectivity index (χ0) is 16.7. The summed E-state index contributed by atoms with van der Waals surface area (Å²) in [6.45, 7) is 3.49. The molecule has 4 heteroatoms. The maximum atomic E-state index is 12.4. The minimum absolute atomic E-state index is 0.118. The molecule has 128 valence electrons. The number of carbonyl (C=O) groups excluding carboxylic acids is 1. The van der Waals surface area contributed by atoms with Crippen LogP contribution in [0.25, 0.3) is 0 Å². The van der Waals surface area contributed by atoms with Crippen molar-refractivity contribution in [3.05, 3.63) is 29.8 Å². The second kappa shape index (κ2) is 8.92. The number of rotatable bonds is 7. The van der Waals surface area contributed by atoms with Crippen molar-refractivity contribution in [2.45, 2.75) is 51.6 Å². The molecule has 1 aliphatic carbocycles. The van der Waals surface area contributed by atoms with Crippen molar-refractivity contribution in [3.63, 3.8) is 0 Å². The van der Waals surface area contributed by atoms with Crippen LogP contribution in [0.2, 0.25) is 0 Å². The molecule has 1 aromatic rings. The Morgan fingerprint density at radius 2 is 2.00 bits per heavy atom. The van der Waals surface area contributed by atoms with Crippen LogP contribution in [0, 0.1) is 5.92 Å². The Hall–Kier alpha value is -1.55. The predicted octanol–water partition coefficient (Wildman–Crippen LogP) is 3.21. The molecule has 2 rings (SSSR count). The number of benzene rings is 1. The van der Waals surface area contributed by atoms with Gasteiger partial charge in [-0.2, -0.15) is 0 Å². The van der Waals surface area contributed by atoms with E-state index in [1.807, 2.05) is 38.2 Å². The van der Waals surface area contributed by atoms with Gasteiger partial charge in [0.05, 0.1) is 13.2 Å². The highest BCUT2D eigenvalue weighted by Gasteiger charge is 2.21. The highest BCUT2D eigenvalue weighted by molar-refractivity contribution is 5.81. The van der Waals surface area contributed by atoms with Gasteiger partial charge in [0.25, 0.3) is 0 Å². The second-order valence-electron chi connectivity index (χ2n) is 6.65. The fourth-order valence-electron chi connectivity index (χ4n) is 3.22. The van der Waals surface area contributed by atoms with Gasteiger partial charge in [0.1, 0.15) is 5.75 Å². The van der Waals surface area contributed by atoms with Gasteiger partial charge < -0.3 is 10.1 Å². The predicted molar refractivity (Wildman–Crippen MR) is 93.5 cm³/mol. The number of carbonyl (C=O) groups is 1. The monoisotopic (exact) mass is 318 g/mol. The number of nitrogens with zero attached hydrogens (tertiary/aromatic N) is 1. The summed E-state index contributed by atoms with van der Waals surface area (Å²) in [7, 11) is 3.66. The van der Waals surface area contributed by atoms with Crippen molar-refractivity contribution in [3.8, 4) is 5.75 Å². The number of nitrogens with one attached hydrogen (secondary N) is 1. The molecule has 0 heterocycles. The molecule has 0 spiro atoms. The lowest BCUT2D eigenvalue weighted by Gasteiger charge is -2.26. The second-order valence-corrected chi connectivity index (χ2v) is 6.65. The van der Waals surface area contributed by atoms with E-state index in [0.717, 1.165) is 17.9 Å². The highest BCUT2D eigenvalue weighted by atomic mass is 16.5. The Balaban J connectivity index is 1.83. The topological polar surface area (TPSA) is 41.6 Å². The SMILES string of the molecule is COc1ccccc1CN(C)[C@@H](C)C(=O)NCC1CCCCC1. The molecule has 1 atom stereocenters. The molecule has 4 nitrogen and oxygen atoms in total. The van der Waals surface area contributed by atoms with Crippen LogP contribution in [0.3, 0.4) is 0 Å². The van der Waals surface area contributed by atoms with Crippen molar-refractivity contribution in [2.24, 2.45) is 5.92 Å². The van der Waals surface area contributed by atoms with Gasteiger partial charge in [0, 0.05) is 18.7 Å². The summed E-state index contributed by atoms with van der Waals surface area (Å²) < 4.78 is 5.39. The zero-order valence-electron chi connectivity index (χ0n) is 14.7. The molecular formula is C19H30N2O2. The van der Waals surface area contributed by atoms with E-state index in [9.17, 15) is 4.79 Å². The molecule has 0 radical (unpaired) electrons. The standard InChI is InChI=1S/C19H30N2O2/c1-15(19(22)20-13-16-9-5-4-6-10-16)21(2)14-17-11-7-8-12-18(17)23-3/h7-8,11-12,15-16H,4-6,9-10,13-14H2,1-3H3,(H,20,22)/t15-/m0/s1. The number of likely N-dealkylation sites (N-methyl/N-ethyl adjacent to an activating group) is 1. The molecule has 1 saturated carbocycles. The first kappa shape index (κ1) is 17.8. The van der Waals surface area contributed by atoms with Gasteiger partial charge in [-0.25, -0.2) is 0 Å². The zero-order valence-corrected chi connectivity index (χ0v) is 14.7. The molecular weight excluding hydrogens is 288 g/mol. The fourth-order valence-corrected chi connectivity index (χ4v) is 3.22. The fraction of sp³-hybridized carbons (Fsp3) is 0.632. The Morgan fingerprint density at radius 3 is 2.70 bits per heavy atom. The Labute approximate surface area is 140 Å². The maximum Gasteiger partial charge on any atom is 0.237 e. The Bertz CT molecular complexity index is 498. The largest absolute Gasteiger partial charge is 0.496 e. The van der Waals surface area contributed by atoms with E-state index in [1.165, 1.54) is 32.1 Å². The van der Waals surface area contributed by atoms with Crippen LogP contribution in [-0.4, -0.2) is 37.6 Å².